The molecular weight excluding hydrogens is 414 g/mol. The number of amides is 1. The number of benzene rings is 1. The molecule has 1 aromatic carbocycles. The van der Waals surface area contributed by atoms with E-state index < -0.39 is 0 Å². The van der Waals surface area contributed by atoms with Crippen LogP contribution in [-0.2, 0) is 13.1 Å². The summed E-state index contributed by atoms with van der Waals surface area (Å²) in [7, 11) is 1.59. The highest BCUT2D eigenvalue weighted by molar-refractivity contribution is 5.97. The molecule has 0 bridgehead atoms. The molecule has 33 heavy (non-hydrogen) atoms. The molecule has 174 valence electrons. The summed E-state index contributed by atoms with van der Waals surface area (Å²) in [5, 5.41) is 7.78. The summed E-state index contributed by atoms with van der Waals surface area (Å²) in [5.41, 5.74) is 3.93. The molecule has 2 atom stereocenters. The minimum atomic E-state index is -0.175. The Morgan fingerprint density at radius 1 is 1.24 bits per heavy atom. The third-order valence-corrected chi connectivity index (χ3v) is 6.56. The van der Waals surface area contributed by atoms with Gasteiger partial charge in [0, 0.05) is 37.1 Å². The topological polar surface area (TPSA) is 72.3 Å². The Kier molecular flexibility index (Phi) is 7.40. The number of hydrogen-bond donors (Lipinski definition) is 1. The number of likely N-dealkylation sites (tertiary alicyclic amines) is 1. The monoisotopic (exact) mass is 447 g/mol. The molecule has 2 aromatic heterocycles. The molecule has 7 heteroatoms. The summed E-state index contributed by atoms with van der Waals surface area (Å²) in [5.74, 6) is 0.692. The average Bonchev–Trinajstić information content (AvgIpc) is 3.21. The molecule has 1 fully saturated rings. The van der Waals surface area contributed by atoms with Crippen LogP contribution in [0.4, 0.5) is 0 Å². The number of nitrogens with one attached hydrogen (secondary N) is 1. The Morgan fingerprint density at radius 2 is 2.06 bits per heavy atom. The molecule has 1 amide bonds. The van der Waals surface area contributed by atoms with Crippen LogP contribution in [0, 0.1) is 12.8 Å². The zero-order valence-corrected chi connectivity index (χ0v) is 19.7. The van der Waals surface area contributed by atoms with Crippen molar-refractivity contribution in [1.82, 2.24) is 25.0 Å². The van der Waals surface area contributed by atoms with Crippen LogP contribution in [0.1, 0.15) is 53.1 Å². The third kappa shape index (κ3) is 5.25. The maximum absolute atomic E-state index is 13.3. The second kappa shape index (κ2) is 10.6. The first-order valence-electron chi connectivity index (χ1n) is 11.7. The van der Waals surface area contributed by atoms with Crippen LogP contribution in [0.5, 0.6) is 5.75 Å². The summed E-state index contributed by atoms with van der Waals surface area (Å²) in [6, 6.07) is 13.0. The minimum Gasteiger partial charge on any atom is -0.496 e. The van der Waals surface area contributed by atoms with E-state index in [2.05, 4.69) is 34.1 Å². The van der Waals surface area contributed by atoms with Crippen LogP contribution in [0.3, 0.4) is 0 Å². The molecule has 1 saturated heterocycles. The van der Waals surface area contributed by atoms with Crippen molar-refractivity contribution in [3.05, 3.63) is 77.4 Å². The molecular formula is C26H33N5O2. The fourth-order valence-electron chi connectivity index (χ4n) is 4.75. The Morgan fingerprint density at radius 3 is 2.79 bits per heavy atom. The molecule has 3 aromatic rings. The van der Waals surface area contributed by atoms with Crippen molar-refractivity contribution >= 4 is 5.91 Å². The number of aromatic nitrogens is 3. The molecule has 0 radical (unpaired) electrons. The molecule has 3 heterocycles. The first-order chi connectivity index (χ1) is 16.1. The fourth-order valence-corrected chi connectivity index (χ4v) is 4.75. The molecule has 0 aliphatic carbocycles. The Hall–Kier alpha value is -3.19. The quantitative estimate of drug-likeness (QED) is 0.565. The molecule has 4 rings (SSSR count). The van der Waals surface area contributed by atoms with Crippen molar-refractivity contribution in [2.24, 2.45) is 5.92 Å². The van der Waals surface area contributed by atoms with E-state index in [1.165, 1.54) is 11.3 Å². The van der Waals surface area contributed by atoms with Crippen molar-refractivity contribution in [3.8, 4) is 5.75 Å². The van der Waals surface area contributed by atoms with Crippen molar-refractivity contribution in [1.29, 1.82) is 0 Å². The number of piperidine rings is 1. The lowest BCUT2D eigenvalue weighted by molar-refractivity contribution is 0.0872. The number of ether oxygens (including phenoxy) is 1. The summed E-state index contributed by atoms with van der Waals surface area (Å²) >= 11 is 0. The predicted octanol–water partition coefficient (Wildman–Crippen LogP) is 4.00. The lowest BCUT2D eigenvalue weighted by Crippen LogP contribution is -2.43. The normalized spacial score (nSPS) is 17.5. The number of aryl methyl sites for hydroxylation is 1. The van der Waals surface area contributed by atoms with Gasteiger partial charge in [0.05, 0.1) is 30.6 Å². The van der Waals surface area contributed by atoms with Gasteiger partial charge in [0.25, 0.3) is 5.91 Å². The van der Waals surface area contributed by atoms with Gasteiger partial charge in [-0.05, 0) is 63.4 Å². The van der Waals surface area contributed by atoms with Gasteiger partial charge in [0.2, 0.25) is 0 Å². The Bertz CT molecular complexity index is 1070. The molecule has 0 spiro atoms. The highest BCUT2D eigenvalue weighted by atomic mass is 16.5. The molecule has 1 aliphatic rings. The summed E-state index contributed by atoms with van der Waals surface area (Å²) in [6.45, 7) is 7.94. The van der Waals surface area contributed by atoms with Crippen LogP contribution in [-0.4, -0.2) is 45.8 Å². The first-order valence-corrected chi connectivity index (χ1v) is 11.7. The standard InChI is InChI=1S/C26H33N5O2/c1-4-31-19(2)21(16-28-31)18-30-15-9-10-20(17-30)25(23-12-7-8-14-27-23)29-26(32)22-11-5-6-13-24(22)33-3/h5-8,11-14,16,20,25H,4,9-10,15,17-18H2,1-3H3,(H,29,32)/t20-,25+/m0/s1. The first kappa shape index (κ1) is 23.0. The van der Waals surface area contributed by atoms with Gasteiger partial charge in [0.15, 0.2) is 0 Å². The average molecular weight is 448 g/mol. The van der Waals surface area contributed by atoms with Gasteiger partial charge in [-0.3, -0.25) is 19.4 Å². The van der Waals surface area contributed by atoms with E-state index in [1.807, 2.05) is 47.3 Å². The second-order valence-corrected chi connectivity index (χ2v) is 8.61. The number of hydrogen-bond acceptors (Lipinski definition) is 5. The maximum Gasteiger partial charge on any atom is 0.255 e. The van der Waals surface area contributed by atoms with Gasteiger partial charge in [-0.2, -0.15) is 5.10 Å². The molecule has 7 nitrogen and oxygen atoms in total. The number of nitrogens with zero attached hydrogens (tertiary/aromatic N) is 4. The Labute approximate surface area is 195 Å². The Balaban J connectivity index is 1.54. The summed E-state index contributed by atoms with van der Waals surface area (Å²) in [6.07, 6.45) is 5.90. The zero-order valence-electron chi connectivity index (χ0n) is 19.7. The number of carbonyl (C=O) groups is 1. The van der Waals surface area contributed by atoms with Crippen LogP contribution < -0.4 is 10.1 Å². The number of para-hydroxylation sites is 1. The SMILES string of the molecule is CCn1ncc(CN2CCC[C@H]([C@@H](NC(=O)c3ccccc3OC)c3ccccn3)C2)c1C. The molecule has 0 saturated carbocycles. The lowest BCUT2D eigenvalue weighted by Gasteiger charge is -2.37. The van der Waals surface area contributed by atoms with E-state index in [0.29, 0.717) is 11.3 Å². The van der Waals surface area contributed by atoms with Crippen LogP contribution in [0.15, 0.2) is 54.9 Å². The van der Waals surface area contributed by atoms with Crippen LogP contribution >= 0.6 is 0 Å². The smallest absolute Gasteiger partial charge is 0.255 e. The molecule has 1 N–H and O–H groups in total. The number of methoxy groups -OCH3 is 1. The maximum atomic E-state index is 13.3. The van der Waals surface area contributed by atoms with Gasteiger partial charge in [-0.15, -0.1) is 0 Å². The minimum absolute atomic E-state index is 0.139. The van der Waals surface area contributed by atoms with E-state index in [9.17, 15) is 4.79 Å². The largest absolute Gasteiger partial charge is 0.496 e. The van der Waals surface area contributed by atoms with E-state index >= 15 is 0 Å². The van der Waals surface area contributed by atoms with Gasteiger partial charge >= 0.3 is 0 Å². The highest BCUT2D eigenvalue weighted by Crippen LogP contribution is 2.31. The number of carbonyl (C=O) groups excluding carboxylic acids is 1. The molecule has 1 aliphatic heterocycles. The van der Waals surface area contributed by atoms with Crippen molar-refractivity contribution in [2.45, 2.75) is 45.8 Å². The van der Waals surface area contributed by atoms with E-state index in [-0.39, 0.29) is 17.9 Å². The van der Waals surface area contributed by atoms with Crippen molar-refractivity contribution < 1.29 is 9.53 Å². The second-order valence-electron chi connectivity index (χ2n) is 8.61. The van der Waals surface area contributed by atoms with Crippen molar-refractivity contribution in [2.75, 3.05) is 20.2 Å². The van der Waals surface area contributed by atoms with E-state index in [4.69, 9.17) is 4.74 Å². The lowest BCUT2D eigenvalue weighted by atomic mass is 9.88. The van der Waals surface area contributed by atoms with Gasteiger partial charge in [-0.1, -0.05) is 18.2 Å². The van der Waals surface area contributed by atoms with E-state index in [0.717, 1.165) is 44.7 Å². The van der Waals surface area contributed by atoms with Gasteiger partial charge < -0.3 is 10.1 Å². The molecule has 0 unspecified atom stereocenters. The zero-order chi connectivity index (χ0) is 23.2. The van der Waals surface area contributed by atoms with Gasteiger partial charge in [-0.25, -0.2) is 0 Å². The van der Waals surface area contributed by atoms with Crippen LogP contribution in [0.2, 0.25) is 0 Å². The number of rotatable bonds is 8. The third-order valence-electron chi connectivity index (χ3n) is 6.56. The predicted molar refractivity (Wildman–Crippen MR) is 128 cm³/mol. The van der Waals surface area contributed by atoms with Crippen molar-refractivity contribution in [3.63, 3.8) is 0 Å². The number of pyridine rings is 1. The summed E-state index contributed by atoms with van der Waals surface area (Å²) in [4.78, 5) is 20.3. The highest BCUT2D eigenvalue weighted by Gasteiger charge is 2.31. The summed E-state index contributed by atoms with van der Waals surface area (Å²) < 4.78 is 7.46. The van der Waals surface area contributed by atoms with Crippen LogP contribution in [0.25, 0.3) is 0 Å². The fraction of sp³-hybridized carbons (Fsp3) is 0.423. The van der Waals surface area contributed by atoms with E-state index in [1.54, 1.807) is 19.4 Å². The van der Waals surface area contributed by atoms with Gasteiger partial charge in [0.1, 0.15) is 5.75 Å².